The van der Waals surface area contributed by atoms with Crippen LogP contribution >= 0.6 is 23.2 Å². The number of hydrogen-bond acceptors (Lipinski definition) is 6. The van der Waals surface area contributed by atoms with Gasteiger partial charge in [0.25, 0.3) is 11.7 Å². The van der Waals surface area contributed by atoms with E-state index in [9.17, 15) is 14.7 Å². The first-order valence-electron chi connectivity index (χ1n) is 11.7. The second-order valence-corrected chi connectivity index (χ2v) is 9.31. The minimum atomic E-state index is -0.790. The third kappa shape index (κ3) is 5.64. The van der Waals surface area contributed by atoms with Crippen LogP contribution in [0.5, 0.6) is 5.75 Å². The van der Waals surface area contributed by atoms with Crippen molar-refractivity contribution < 1.29 is 24.2 Å². The van der Waals surface area contributed by atoms with Gasteiger partial charge in [0.2, 0.25) is 0 Å². The molecule has 2 aliphatic heterocycles. The van der Waals surface area contributed by atoms with Crippen molar-refractivity contribution in [2.75, 3.05) is 46.0 Å². The number of nitrogens with zero attached hydrogens (tertiary/aromatic N) is 2. The van der Waals surface area contributed by atoms with Crippen LogP contribution in [0.15, 0.2) is 48.0 Å². The number of benzene rings is 2. The lowest BCUT2D eigenvalue weighted by atomic mass is 9.95. The first-order valence-corrected chi connectivity index (χ1v) is 12.4. The molecule has 0 radical (unpaired) electrons. The van der Waals surface area contributed by atoms with E-state index in [0.29, 0.717) is 59.8 Å². The number of carbonyl (C=O) groups excluding carboxylic acids is 2. The van der Waals surface area contributed by atoms with Gasteiger partial charge in [-0.25, -0.2) is 0 Å². The normalized spacial score (nSPS) is 20.4. The van der Waals surface area contributed by atoms with Gasteiger partial charge >= 0.3 is 0 Å². The molecule has 7 nitrogen and oxygen atoms in total. The van der Waals surface area contributed by atoms with Crippen molar-refractivity contribution in [3.63, 3.8) is 0 Å². The monoisotopic (exact) mass is 518 g/mol. The standard InChI is InChI=1S/C26H28Cl2N2O5/c1-2-13-35-19-6-3-17(4-7-19)24(31)22-23(18-5-8-20(27)21(28)16-18)30(26(33)25(22)32)10-9-29-11-14-34-15-12-29/h3-8,16,23,31H,2,9-15H2,1H3/b24-22+/t23-/m1/s1. The van der Waals surface area contributed by atoms with Crippen LogP contribution in [-0.4, -0.2) is 72.6 Å². The number of Topliss-reactive ketones (excluding diaryl/α,β-unsaturated/α-hetero) is 1. The third-order valence-corrected chi connectivity index (χ3v) is 6.90. The molecule has 0 aliphatic carbocycles. The Morgan fingerprint density at radius 3 is 2.43 bits per heavy atom. The minimum absolute atomic E-state index is 0.0255. The molecule has 186 valence electrons. The van der Waals surface area contributed by atoms with Crippen LogP contribution in [-0.2, 0) is 14.3 Å². The Morgan fingerprint density at radius 2 is 1.77 bits per heavy atom. The van der Waals surface area contributed by atoms with Gasteiger partial charge in [-0.1, -0.05) is 36.2 Å². The molecule has 1 N–H and O–H groups in total. The van der Waals surface area contributed by atoms with Gasteiger partial charge in [-0.3, -0.25) is 14.5 Å². The van der Waals surface area contributed by atoms with Gasteiger partial charge in [0, 0.05) is 31.7 Å². The molecule has 2 aliphatic rings. The quantitative estimate of drug-likeness (QED) is 0.314. The van der Waals surface area contributed by atoms with Crippen molar-refractivity contribution in [3.05, 3.63) is 69.2 Å². The summed E-state index contributed by atoms with van der Waals surface area (Å²) in [5.41, 5.74) is 1.05. The van der Waals surface area contributed by atoms with Crippen molar-refractivity contribution in [1.82, 2.24) is 9.80 Å². The van der Waals surface area contributed by atoms with Crippen LogP contribution in [0, 0.1) is 0 Å². The minimum Gasteiger partial charge on any atom is -0.507 e. The molecule has 0 bridgehead atoms. The third-order valence-electron chi connectivity index (χ3n) is 6.16. The van der Waals surface area contributed by atoms with E-state index >= 15 is 0 Å². The topological polar surface area (TPSA) is 79.3 Å². The van der Waals surface area contributed by atoms with Crippen molar-refractivity contribution in [1.29, 1.82) is 0 Å². The fourth-order valence-corrected chi connectivity index (χ4v) is 4.60. The maximum absolute atomic E-state index is 13.2. The molecule has 0 saturated carbocycles. The number of amides is 1. The Balaban J connectivity index is 1.70. The SMILES string of the molecule is CCCOc1ccc(/C(O)=C2\C(=O)C(=O)N(CCN3CCOCC3)[C@@H]2c2ccc(Cl)c(Cl)c2)cc1. The summed E-state index contributed by atoms with van der Waals surface area (Å²) in [4.78, 5) is 30.0. The number of likely N-dealkylation sites (tertiary alicyclic amines) is 1. The Kier molecular flexibility index (Phi) is 8.34. The highest BCUT2D eigenvalue weighted by molar-refractivity contribution is 6.46. The second kappa shape index (κ2) is 11.4. The number of carbonyl (C=O) groups is 2. The predicted octanol–water partition coefficient (Wildman–Crippen LogP) is 4.54. The first kappa shape index (κ1) is 25.5. The molecule has 2 saturated heterocycles. The molecule has 1 amide bonds. The van der Waals surface area contributed by atoms with E-state index in [4.69, 9.17) is 32.7 Å². The van der Waals surface area contributed by atoms with Crippen LogP contribution in [0.25, 0.3) is 5.76 Å². The highest BCUT2D eigenvalue weighted by Crippen LogP contribution is 2.41. The lowest BCUT2D eigenvalue weighted by molar-refractivity contribution is -0.140. The van der Waals surface area contributed by atoms with E-state index in [1.807, 2.05) is 6.92 Å². The molecule has 2 aromatic rings. The summed E-state index contributed by atoms with van der Waals surface area (Å²) in [5.74, 6) is -0.962. The molecule has 9 heteroatoms. The molecular weight excluding hydrogens is 491 g/mol. The molecule has 0 unspecified atom stereocenters. The molecule has 4 rings (SSSR count). The molecule has 1 atom stereocenters. The van der Waals surface area contributed by atoms with E-state index in [-0.39, 0.29) is 11.3 Å². The summed E-state index contributed by atoms with van der Waals surface area (Å²) in [6.45, 7) is 6.27. The van der Waals surface area contributed by atoms with Crippen molar-refractivity contribution in [2.24, 2.45) is 0 Å². The zero-order valence-electron chi connectivity index (χ0n) is 19.5. The van der Waals surface area contributed by atoms with Crippen molar-refractivity contribution in [3.8, 4) is 5.75 Å². The van der Waals surface area contributed by atoms with Crippen molar-refractivity contribution >= 4 is 40.7 Å². The Bertz CT molecular complexity index is 1110. The van der Waals surface area contributed by atoms with Gasteiger partial charge in [-0.05, 0) is 48.4 Å². The van der Waals surface area contributed by atoms with Crippen LogP contribution in [0.3, 0.4) is 0 Å². The lowest BCUT2D eigenvalue weighted by Gasteiger charge is -2.31. The average Bonchev–Trinajstić information content (AvgIpc) is 3.13. The fourth-order valence-electron chi connectivity index (χ4n) is 4.30. The summed E-state index contributed by atoms with van der Waals surface area (Å²) < 4.78 is 11.0. The number of aliphatic hydroxyl groups excluding tert-OH is 1. The molecule has 0 spiro atoms. The predicted molar refractivity (Wildman–Crippen MR) is 135 cm³/mol. The smallest absolute Gasteiger partial charge is 0.295 e. The number of ether oxygens (including phenoxy) is 2. The van der Waals surface area contributed by atoms with E-state index in [1.165, 1.54) is 4.90 Å². The summed E-state index contributed by atoms with van der Waals surface area (Å²) in [5, 5.41) is 11.9. The van der Waals surface area contributed by atoms with Gasteiger partial charge in [0.15, 0.2) is 0 Å². The van der Waals surface area contributed by atoms with Gasteiger partial charge < -0.3 is 19.5 Å². The molecule has 2 fully saturated rings. The highest BCUT2D eigenvalue weighted by atomic mass is 35.5. The second-order valence-electron chi connectivity index (χ2n) is 8.49. The Labute approximate surface area is 214 Å². The molecule has 0 aromatic heterocycles. The zero-order chi connectivity index (χ0) is 24.9. The number of morpholine rings is 1. The highest BCUT2D eigenvalue weighted by Gasteiger charge is 2.46. The van der Waals surface area contributed by atoms with E-state index in [2.05, 4.69) is 4.90 Å². The number of halogens is 2. The summed E-state index contributed by atoms with van der Waals surface area (Å²) >= 11 is 12.4. The average molecular weight is 519 g/mol. The molecule has 2 aromatic carbocycles. The summed E-state index contributed by atoms with van der Waals surface area (Å²) in [6.07, 6.45) is 0.874. The number of ketones is 1. The summed E-state index contributed by atoms with van der Waals surface area (Å²) in [6, 6.07) is 11.0. The van der Waals surface area contributed by atoms with E-state index in [1.54, 1.807) is 42.5 Å². The Hall–Kier alpha value is -2.58. The van der Waals surface area contributed by atoms with Gasteiger partial charge in [0.05, 0.1) is 41.5 Å². The molecule has 2 heterocycles. The van der Waals surface area contributed by atoms with Gasteiger partial charge in [0.1, 0.15) is 11.5 Å². The Morgan fingerprint density at radius 1 is 1.06 bits per heavy atom. The number of rotatable bonds is 8. The van der Waals surface area contributed by atoms with Crippen LogP contribution in [0.1, 0.15) is 30.5 Å². The van der Waals surface area contributed by atoms with Gasteiger partial charge in [-0.2, -0.15) is 0 Å². The van der Waals surface area contributed by atoms with Crippen LogP contribution < -0.4 is 4.74 Å². The maximum atomic E-state index is 13.2. The number of aliphatic hydroxyl groups is 1. The van der Waals surface area contributed by atoms with Crippen molar-refractivity contribution in [2.45, 2.75) is 19.4 Å². The van der Waals surface area contributed by atoms with E-state index < -0.39 is 17.7 Å². The van der Waals surface area contributed by atoms with Crippen LogP contribution in [0.4, 0.5) is 0 Å². The lowest BCUT2D eigenvalue weighted by Crippen LogP contribution is -2.42. The maximum Gasteiger partial charge on any atom is 0.295 e. The number of hydrogen-bond donors (Lipinski definition) is 1. The first-order chi connectivity index (χ1) is 16.9. The fraction of sp³-hybridized carbons (Fsp3) is 0.385. The largest absolute Gasteiger partial charge is 0.507 e. The molecular formula is C26H28Cl2N2O5. The van der Waals surface area contributed by atoms with Gasteiger partial charge in [-0.15, -0.1) is 0 Å². The summed E-state index contributed by atoms with van der Waals surface area (Å²) in [7, 11) is 0. The molecule has 35 heavy (non-hydrogen) atoms. The van der Waals surface area contributed by atoms with E-state index in [0.717, 1.165) is 19.5 Å². The zero-order valence-corrected chi connectivity index (χ0v) is 21.0. The van der Waals surface area contributed by atoms with Crippen LogP contribution in [0.2, 0.25) is 10.0 Å².